The molecule has 2 amide bonds. The van der Waals surface area contributed by atoms with E-state index in [1.54, 1.807) is 4.90 Å². The van der Waals surface area contributed by atoms with Crippen molar-refractivity contribution in [2.75, 3.05) is 30.3 Å². The molecule has 2 aromatic rings. The molecule has 0 unspecified atom stereocenters. The van der Waals surface area contributed by atoms with Crippen molar-refractivity contribution in [3.05, 3.63) is 59.7 Å². The molecule has 1 aliphatic rings. The van der Waals surface area contributed by atoms with Gasteiger partial charge in [-0.1, -0.05) is 30.3 Å². The summed E-state index contributed by atoms with van der Waals surface area (Å²) in [5, 5.41) is 6.30. The normalized spacial score (nSPS) is 13.6. The second-order valence-electron chi connectivity index (χ2n) is 5.85. The molecule has 0 atom stereocenters. The predicted molar refractivity (Wildman–Crippen MR) is 98.9 cm³/mol. The van der Waals surface area contributed by atoms with Gasteiger partial charge in [-0.25, -0.2) is 4.79 Å². The van der Waals surface area contributed by atoms with Crippen molar-refractivity contribution in [3.8, 4) is 0 Å². The fourth-order valence-corrected chi connectivity index (χ4v) is 2.69. The highest BCUT2D eigenvalue weighted by Crippen LogP contribution is 2.18. The number of aliphatic imine (C=N–C) groups is 1. The summed E-state index contributed by atoms with van der Waals surface area (Å²) in [5.74, 6) is 0.768. The molecule has 0 saturated carbocycles. The number of carbonyl (C=O) groups excluding carboxylic acids is 1. The molecular weight excluding hydrogens is 300 g/mol. The van der Waals surface area contributed by atoms with Crippen LogP contribution in [-0.2, 0) is 0 Å². The van der Waals surface area contributed by atoms with E-state index in [1.165, 1.54) is 11.1 Å². The smallest absolute Gasteiger partial charge is 0.327 e. The molecule has 2 aromatic carbocycles. The molecule has 24 heavy (non-hydrogen) atoms. The lowest BCUT2D eigenvalue weighted by molar-refractivity contribution is 0.236. The number of anilines is 2. The molecule has 5 nitrogen and oxygen atoms in total. The fraction of sp³-hybridized carbons (Fsp3) is 0.263. The Morgan fingerprint density at radius 3 is 2.71 bits per heavy atom. The topological polar surface area (TPSA) is 56.7 Å². The Bertz CT molecular complexity index is 755. The average Bonchev–Trinajstić information content (AvgIpc) is 3.06. The SMILES string of the molecule is Cc1cccc(NCC2=NCCN2C(=O)Nc2ccccc2)c1C. The molecule has 1 heterocycles. The number of amides is 2. The van der Waals surface area contributed by atoms with Crippen molar-refractivity contribution in [2.45, 2.75) is 13.8 Å². The Labute approximate surface area is 142 Å². The average molecular weight is 322 g/mol. The maximum absolute atomic E-state index is 12.5. The molecule has 0 aromatic heterocycles. The number of urea groups is 1. The van der Waals surface area contributed by atoms with Gasteiger partial charge in [-0.05, 0) is 43.2 Å². The van der Waals surface area contributed by atoms with Crippen LogP contribution < -0.4 is 10.6 Å². The number of hydrogen-bond donors (Lipinski definition) is 2. The molecule has 0 radical (unpaired) electrons. The van der Waals surface area contributed by atoms with Gasteiger partial charge < -0.3 is 10.6 Å². The monoisotopic (exact) mass is 322 g/mol. The van der Waals surface area contributed by atoms with E-state index >= 15 is 0 Å². The summed E-state index contributed by atoms with van der Waals surface area (Å²) >= 11 is 0. The Morgan fingerprint density at radius 1 is 1.12 bits per heavy atom. The number of carbonyl (C=O) groups is 1. The van der Waals surface area contributed by atoms with Gasteiger partial charge in [0, 0.05) is 17.9 Å². The van der Waals surface area contributed by atoms with Crippen molar-refractivity contribution in [2.24, 2.45) is 4.99 Å². The Balaban J connectivity index is 1.63. The molecule has 1 aliphatic heterocycles. The number of nitrogens with zero attached hydrogens (tertiary/aromatic N) is 2. The molecule has 0 bridgehead atoms. The van der Waals surface area contributed by atoms with E-state index in [-0.39, 0.29) is 6.03 Å². The maximum atomic E-state index is 12.5. The molecular formula is C19H22N4O. The van der Waals surface area contributed by atoms with E-state index in [0.29, 0.717) is 19.6 Å². The van der Waals surface area contributed by atoms with E-state index in [9.17, 15) is 4.79 Å². The first-order valence-corrected chi connectivity index (χ1v) is 8.12. The summed E-state index contributed by atoms with van der Waals surface area (Å²) in [7, 11) is 0. The first-order chi connectivity index (χ1) is 11.6. The van der Waals surface area contributed by atoms with Crippen LogP contribution in [0.1, 0.15) is 11.1 Å². The van der Waals surface area contributed by atoms with Crippen molar-refractivity contribution < 1.29 is 4.79 Å². The van der Waals surface area contributed by atoms with Gasteiger partial charge in [-0.3, -0.25) is 9.89 Å². The molecule has 2 N–H and O–H groups in total. The van der Waals surface area contributed by atoms with Crippen LogP contribution in [-0.4, -0.2) is 36.4 Å². The Kier molecular flexibility index (Phi) is 4.79. The Morgan fingerprint density at radius 2 is 1.92 bits per heavy atom. The van der Waals surface area contributed by atoms with Gasteiger partial charge in [0.1, 0.15) is 5.84 Å². The lowest BCUT2D eigenvalue weighted by Crippen LogP contribution is -2.40. The molecule has 0 saturated heterocycles. The van der Waals surface area contributed by atoms with Gasteiger partial charge in [-0.2, -0.15) is 0 Å². The van der Waals surface area contributed by atoms with E-state index in [2.05, 4.69) is 35.5 Å². The highest BCUT2D eigenvalue weighted by Gasteiger charge is 2.23. The zero-order valence-electron chi connectivity index (χ0n) is 14.0. The van der Waals surface area contributed by atoms with Crippen molar-refractivity contribution in [3.63, 3.8) is 0 Å². The summed E-state index contributed by atoms with van der Waals surface area (Å²) < 4.78 is 0. The predicted octanol–water partition coefficient (Wildman–Crippen LogP) is 3.66. The third kappa shape index (κ3) is 3.56. The second-order valence-corrected chi connectivity index (χ2v) is 5.85. The summed E-state index contributed by atoms with van der Waals surface area (Å²) in [6.07, 6.45) is 0. The largest absolute Gasteiger partial charge is 0.378 e. The minimum absolute atomic E-state index is 0.139. The minimum Gasteiger partial charge on any atom is -0.378 e. The highest BCUT2D eigenvalue weighted by atomic mass is 16.2. The standard InChI is InChI=1S/C19H22N4O/c1-14-7-6-10-17(15(14)2)21-13-18-20-11-12-23(18)19(24)22-16-8-4-3-5-9-16/h3-10,21H,11-13H2,1-2H3,(H,22,24). The summed E-state index contributed by atoms with van der Waals surface area (Å²) in [6, 6.07) is 15.5. The second kappa shape index (κ2) is 7.17. The number of hydrogen-bond acceptors (Lipinski definition) is 3. The number of benzene rings is 2. The van der Waals surface area contributed by atoms with Crippen LogP contribution in [0.5, 0.6) is 0 Å². The van der Waals surface area contributed by atoms with E-state index in [4.69, 9.17) is 0 Å². The minimum atomic E-state index is -0.139. The van der Waals surface area contributed by atoms with E-state index in [0.717, 1.165) is 17.2 Å². The molecule has 0 spiro atoms. The fourth-order valence-electron chi connectivity index (χ4n) is 2.69. The zero-order valence-corrected chi connectivity index (χ0v) is 14.0. The number of nitrogens with one attached hydrogen (secondary N) is 2. The lowest BCUT2D eigenvalue weighted by Gasteiger charge is -2.20. The highest BCUT2D eigenvalue weighted by molar-refractivity contribution is 6.05. The summed E-state index contributed by atoms with van der Waals surface area (Å²) in [6.45, 7) is 5.97. The lowest BCUT2D eigenvalue weighted by atomic mass is 10.1. The van der Waals surface area contributed by atoms with Crippen LogP contribution in [0.25, 0.3) is 0 Å². The van der Waals surface area contributed by atoms with Gasteiger partial charge in [0.15, 0.2) is 0 Å². The zero-order chi connectivity index (χ0) is 16.9. The molecule has 0 aliphatic carbocycles. The van der Waals surface area contributed by atoms with Crippen molar-refractivity contribution in [1.82, 2.24) is 4.90 Å². The Hall–Kier alpha value is -2.82. The van der Waals surface area contributed by atoms with Gasteiger partial charge in [-0.15, -0.1) is 0 Å². The van der Waals surface area contributed by atoms with Gasteiger partial charge >= 0.3 is 6.03 Å². The molecule has 0 fully saturated rings. The third-order valence-electron chi connectivity index (χ3n) is 4.24. The van der Waals surface area contributed by atoms with E-state index in [1.807, 2.05) is 42.5 Å². The number of para-hydroxylation sites is 1. The van der Waals surface area contributed by atoms with Crippen LogP contribution in [0.4, 0.5) is 16.2 Å². The van der Waals surface area contributed by atoms with Crippen molar-refractivity contribution >= 4 is 23.2 Å². The van der Waals surface area contributed by atoms with Gasteiger partial charge in [0.25, 0.3) is 0 Å². The molecule has 3 rings (SSSR count). The number of rotatable bonds is 4. The van der Waals surface area contributed by atoms with E-state index < -0.39 is 0 Å². The molecule has 5 heteroatoms. The molecule has 124 valence electrons. The number of aryl methyl sites for hydroxylation is 1. The third-order valence-corrected chi connectivity index (χ3v) is 4.24. The first kappa shape index (κ1) is 16.1. The maximum Gasteiger partial charge on any atom is 0.327 e. The van der Waals surface area contributed by atoms with Crippen LogP contribution >= 0.6 is 0 Å². The van der Waals surface area contributed by atoms with Gasteiger partial charge in [0.05, 0.1) is 13.1 Å². The first-order valence-electron chi connectivity index (χ1n) is 8.12. The van der Waals surface area contributed by atoms with Crippen LogP contribution in [0, 0.1) is 13.8 Å². The van der Waals surface area contributed by atoms with Crippen LogP contribution in [0.15, 0.2) is 53.5 Å². The van der Waals surface area contributed by atoms with Crippen LogP contribution in [0.3, 0.4) is 0 Å². The van der Waals surface area contributed by atoms with Crippen molar-refractivity contribution in [1.29, 1.82) is 0 Å². The van der Waals surface area contributed by atoms with Gasteiger partial charge in [0.2, 0.25) is 0 Å². The summed E-state index contributed by atoms with van der Waals surface area (Å²) in [4.78, 5) is 18.6. The quantitative estimate of drug-likeness (QED) is 0.902. The number of amidine groups is 1. The van der Waals surface area contributed by atoms with Crippen LogP contribution in [0.2, 0.25) is 0 Å². The summed E-state index contributed by atoms with van der Waals surface area (Å²) in [5.41, 5.74) is 4.33.